The van der Waals surface area contributed by atoms with Crippen molar-refractivity contribution in [2.24, 2.45) is 5.92 Å². The van der Waals surface area contributed by atoms with E-state index in [1.165, 1.54) is 39.9 Å². The van der Waals surface area contributed by atoms with Crippen LogP contribution in [0.5, 0.6) is 0 Å². The summed E-state index contributed by atoms with van der Waals surface area (Å²) in [5, 5.41) is 26.4. The smallest absolute Gasteiger partial charge is 0.309 e. The minimum absolute atomic E-state index is 0.0384. The van der Waals surface area contributed by atoms with Gasteiger partial charge in [-0.2, -0.15) is 0 Å². The van der Waals surface area contributed by atoms with Gasteiger partial charge < -0.3 is 25.8 Å². The van der Waals surface area contributed by atoms with Crippen LogP contribution in [0.1, 0.15) is 77.8 Å². The molecule has 1 saturated carbocycles. The number of carboxylic acid groups (broad SMARTS) is 1. The summed E-state index contributed by atoms with van der Waals surface area (Å²) in [6.07, 6.45) is 6.21. The maximum atomic E-state index is 14.0. The van der Waals surface area contributed by atoms with Crippen molar-refractivity contribution in [2.45, 2.75) is 69.6 Å². The predicted octanol–water partition coefficient (Wildman–Crippen LogP) is 6.82. The molecule has 5 atom stereocenters. The number of carbonyl (C=O) groups excluding carboxylic acids is 1. The number of hydrogen-bond acceptors (Lipinski definition) is 8. The first-order chi connectivity index (χ1) is 26.1. The van der Waals surface area contributed by atoms with Crippen LogP contribution in [0.4, 0.5) is 14.5 Å². The second kappa shape index (κ2) is 15.9. The number of fused-ring (bicyclic) bond motifs is 3. The number of aliphatic hydroxyl groups is 1. The molecule has 12 heteroatoms. The van der Waals surface area contributed by atoms with E-state index in [-0.39, 0.29) is 35.5 Å². The first-order valence-corrected chi connectivity index (χ1v) is 18.4. The number of nitrogen functional groups attached to an aromatic ring is 1. The number of piperidine rings is 1. The molecule has 0 bridgehead atoms. The van der Waals surface area contributed by atoms with Crippen molar-refractivity contribution in [3.63, 3.8) is 0 Å². The largest absolute Gasteiger partial charge is 0.481 e. The van der Waals surface area contributed by atoms with Gasteiger partial charge in [-0.25, -0.2) is 8.78 Å². The fraction of sp³-hybridized carbons (Fsp3) is 0.333. The lowest BCUT2D eigenvalue weighted by Crippen LogP contribution is -2.58. The van der Waals surface area contributed by atoms with Crippen molar-refractivity contribution in [3.05, 3.63) is 125 Å². The number of nitrogens with two attached hydrogens (primary N) is 1. The summed E-state index contributed by atoms with van der Waals surface area (Å²) in [6.45, 7) is 2.96. The van der Waals surface area contributed by atoms with Gasteiger partial charge in [0.05, 0.1) is 17.6 Å². The van der Waals surface area contributed by atoms with Gasteiger partial charge in [0.2, 0.25) is 0 Å². The van der Waals surface area contributed by atoms with Crippen molar-refractivity contribution < 1.29 is 33.1 Å². The summed E-state index contributed by atoms with van der Waals surface area (Å²) < 4.78 is 32.1. The molecule has 3 aromatic carbocycles. The Balaban J connectivity index is 0.000000178. The Hall–Kier alpha value is -5.46. The van der Waals surface area contributed by atoms with Crippen LogP contribution in [-0.2, 0) is 11.2 Å². The maximum Gasteiger partial charge on any atom is 0.309 e. The van der Waals surface area contributed by atoms with E-state index in [1.807, 2.05) is 23.2 Å². The standard InChI is InChI=1S/C22H25F2N3O5.C20H18N2/c23-12-5-6-13(15(24)9-12)20-10-17(26-32-20)21(29)25-16-7-8-27(11-14(16)22(30)31)18-3-1-2-4-19(18)28;1-13(19-8-4-5-11-22-19)15-9-10-17-16-7-3-2-6-14(16)12-18(17)20(15)21/h5-6,9-10,14,16,18-19,28H,1-4,7-8,11H2,(H,25,29)(H,30,31);2-11,13H,12,21H2,1H3/t14-,16-,18+,19+;13-/m11/s1. The number of anilines is 1. The van der Waals surface area contributed by atoms with Gasteiger partial charge in [0.1, 0.15) is 11.6 Å². The van der Waals surface area contributed by atoms with Crippen LogP contribution in [0.2, 0.25) is 0 Å². The SMILES string of the molecule is C[C@@H](c1ccccn1)c1ccc2c(c1N)Cc1ccccc1-2.O=C(N[C@@H]1CCN([C@H]2CCCC[C@@H]2O)C[C@H]1C(=O)O)c1cc(-c2ccc(F)cc2F)on1. The fourth-order valence-corrected chi connectivity index (χ4v) is 8.08. The molecule has 2 fully saturated rings. The third kappa shape index (κ3) is 7.62. The number of nitrogens with one attached hydrogen (secondary N) is 1. The summed E-state index contributed by atoms with van der Waals surface area (Å²) in [7, 11) is 0. The highest BCUT2D eigenvalue weighted by molar-refractivity contribution is 5.93. The third-order valence-electron chi connectivity index (χ3n) is 11.0. The van der Waals surface area contributed by atoms with Gasteiger partial charge in [0.25, 0.3) is 5.91 Å². The fourth-order valence-electron chi connectivity index (χ4n) is 8.08. The number of aliphatic hydroxyl groups excluding tert-OH is 1. The highest BCUT2D eigenvalue weighted by atomic mass is 19.1. The first kappa shape index (κ1) is 36.9. The zero-order valence-corrected chi connectivity index (χ0v) is 29.9. The molecule has 2 aliphatic carbocycles. The number of aliphatic carboxylic acids is 1. The average molecular weight is 736 g/mol. The van der Waals surface area contributed by atoms with Crippen LogP contribution in [0.25, 0.3) is 22.5 Å². The van der Waals surface area contributed by atoms with E-state index >= 15 is 0 Å². The van der Waals surface area contributed by atoms with Crippen LogP contribution in [0.3, 0.4) is 0 Å². The molecule has 0 radical (unpaired) electrons. The topological polar surface area (TPSA) is 155 Å². The first-order valence-electron chi connectivity index (χ1n) is 18.4. The minimum atomic E-state index is -1.03. The number of aromatic nitrogens is 2. The molecule has 54 heavy (non-hydrogen) atoms. The Morgan fingerprint density at radius 3 is 2.50 bits per heavy atom. The minimum Gasteiger partial charge on any atom is -0.481 e. The lowest BCUT2D eigenvalue weighted by Gasteiger charge is -2.43. The summed E-state index contributed by atoms with van der Waals surface area (Å²) in [4.78, 5) is 31.1. The van der Waals surface area contributed by atoms with E-state index < -0.39 is 41.6 Å². The number of hydrogen-bond donors (Lipinski definition) is 4. The molecule has 1 saturated heterocycles. The van der Waals surface area contributed by atoms with Crippen molar-refractivity contribution >= 4 is 17.6 Å². The van der Waals surface area contributed by atoms with Crippen LogP contribution in [0, 0.1) is 17.6 Å². The molecule has 5 N–H and O–H groups in total. The van der Waals surface area contributed by atoms with Crippen LogP contribution in [-0.4, -0.2) is 68.4 Å². The highest BCUT2D eigenvalue weighted by Crippen LogP contribution is 2.42. The number of rotatable bonds is 7. The molecular formula is C42H43F2N5O5. The van der Waals surface area contributed by atoms with Gasteiger partial charge >= 0.3 is 5.97 Å². The van der Waals surface area contributed by atoms with E-state index in [2.05, 4.69) is 64.8 Å². The molecule has 1 amide bonds. The van der Waals surface area contributed by atoms with Gasteiger partial charge in [0.15, 0.2) is 11.5 Å². The summed E-state index contributed by atoms with van der Waals surface area (Å²) in [6, 6.07) is 22.5. The zero-order valence-electron chi connectivity index (χ0n) is 29.9. The highest BCUT2D eigenvalue weighted by Gasteiger charge is 2.40. The Morgan fingerprint density at radius 1 is 0.963 bits per heavy atom. The quantitative estimate of drug-likeness (QED) is 0.129. The number of benzene rings is 3. The number of amides is 1. The average Bonchev–Trinajstić information content (AvgIpc) is 3.82. The van der Waals surface area contributed by atoms with Crippen LogP contribution < -0.4 is 11.1 Å². The summed E-state index contributed by atoms with van der Waals surface area (Å²) in [5.74, 6) is -3.93. The summed E-state index contributed by atoms with van der Waals surface area (Å²) in [5.41, 5.74) is 14.7. The molecule has 0 unspecified atom stereocenters. The van der Waals surface area contributed by atoms with Crippen LogP contribution in [0.15, 0.2) is 89.6 Å². The van der Waals surface area contributed by atoms with Crippen LogP contribution >= 0.6 is 0 Å². The molecule has 10 nitrogen and oxygen atoms in total. The Bertz CT molecular complexity index is 2140. The number of carbonyl (C=O) groups is 2. The van der Waals surface area contributed by atoms with Gasteiger partial charge in [-0.15, -0.1) is 0 Å². The van der Waals surface area contributed by atoms with E-state index in [1.54, 1.807) is 0 Å². The maximum absolute atomic E-state index is 14.0. The van der Waals surface area contributed by atoms with Gasteiger partial charge in [-0.3, -0.25) is 19.5 Å². The molecule has 5 aromatic rings. The van der Waals surface area contributed by atoms with Crippen molar-refractivity contribution in [1.82, 2.24) is 20.4 Å². The van der Waals surface area contributed by atoms with Gasteiger partial charge in [0, 0.05) is 67.2 Å². The molecule has 3 heterocycles. The number of likely N-dealkylation sites (tertiary alicyclic amines) is 1. The zero-order chi connectivity index (χ0) is 37.9. The second-order valence-corrected chi connectivity index (χ2v) is 14.3. The number of halogens is 2. The number of carboxylic acids is 1. The Kier molecular flexibility index (Phi) is 10.8. The monoisotopic (exact) mass is 735 g/mol. The van der Waals surface area contributed by atoms with Gasteiger partial charge in [-0.05, 0) is 71.3 Å². The predicted molar refractivity (Wildman–Crippen MR) is 200 cm³/mol. The molecule has 2 aromatic heterocycles. The Morgan fingerprint density at radius 2 is 1.74 bits per heavy atom. The van der Waals surface area contributed by atoms with E-state index in [0.717, 1.165) is 43.1 Å². The molecular weight excluding hydrogens is 692 g/mol. The molecule has 8 rings (SSSR count). The van der Waals surface area contributed by atoms with Crippen molar-refractivity contribution in [2.75, 3.05) is 18.8 Å². The van der Waals surface area contributed by atoms with Crippen molar-refractivity contribution in [1.29, 1.82) is 0 Å². The number of pyridine rings is 1. The van der Waals surface area contributed by atoms with Gasteiger partial charge in [-0.1, -0.05) is 67.4 Å². The second-order valence-electron chi connectivity index (χ2n) is 14.3. The van der Waals surface area contributed by atoms with E-state index in [0.29, 0.717) is 25.5 Å². The molecule has 3 aliphatic rings. The lowest BCUT2D eigenvalue weighted by molar-refractivity contribution is -0.145. The molecule has 0 spiro atoms. The Labute approximate surface area is 312 Å². The number of nitrogens with zero attached hydrogens (tertiary/aromatic N) is 3. The molecule has 1 aliphatic heterocycles. The normalized spacial score (nSPS) is 21.3. The summed E-state index contributed by atoms with van der Waals surface area (Å²) >= 11 is 0. The third-order valence-corrected chi connectivity index (χ3v) is 11.0. The lowest BCUT2D eigenvalue weighted by atomic mass is 9.86. The molecule has 280 valence electrons. The van der Waals surface area contributed by atoms with E-state index in [9.17, 15) is 28.6 Å². The van der Waals surface area contributed by atoms with E-state index in [4.69, 9.17) is 10.3 Å². The van der Waals surface area contributed by atoms with Crippen molar-refractivity contribution in [3.8, 4) is 22.5 Å².